The van der Waals surface area contributed by atoms with E-state index >= 15 is 0 Å². The van der Waals surface area contributed by atoms with E-state index in [1.165, 1.54) is 4.90 Å². The fourth-order valence-electron chi connectivity index (χ4n) is 1.07. The Balaban J connectivity index is 2.67. The summed E-state index contributed by atoms with van der Waals surface area (Å²) in [6.45, 7) is 0.368. The third-order valence-electron chi connectivity index (χ3n) is 1.75. The van der Waals surface area contributed by atoms with Crippen LogP contribution in [0.2, 0.25) is 0 Å². The summed E-state index contributed by atoms with van der Waals surface area (Å²) in [7, 11) is 0. The predicted molar refractivity (Wildman–Crippen MR) is 42.1 cm³/mol. The van der Waals surface area contributed by atoms with E-state index in [9.17, 15) is 4.79 Å². The number of aliphatic hydroxyl groups excluding tert-OH is 1. The largest absolute Gasteiger partial charge is 0.502 e. The Morgan fingerprint density at radius 2 is 2.23 bits per heavy atom. The van der Waals surface area contributed by atoms with Crippen LogP contribution in [-0.4, -0.2) is 29.0 Å². The third-order valence-corrected chi connectivity index (χ3v) is 1.75. The maximum Gasteiger partial charge on any atom is 0.290 e. The highest BCUT2D eigenvalue weighted by Crippen LogP contribution is 2.15. The van der Waals surface area contributed by atoms with Crippen molar-refractivity contribution in [1.29, 1.82) is 10.5 Å². The smallest absolute Gasteiger partial charge is 0.290 e. The summed E-state index contributed by atoms with van der Waals surface area (Å²) in [5.41, 5.74) is 0.0722. The van der Waals surface area contributed by atoms with E-state index in [0.29, 0.717) is 0 Å². The number of amides is 1. The highest BCUT2D eigenvalue weighted by molar-refractivity contribution is 5.95. The Labute approximate surface area is 75.1 Å². The van der Waals surface area contributed by atoms with Gasteiger partial charge in [0.1, 0.15) is 6.07 Å². The summed E-state index contributed by atoms with van der Waals surface area (Å²) < 4.78 is 0. The van der Waals surface area contributed by atoms with Crippen LogP contribution in [0.25, 0.3) is 0 Å². The molecule has 0 unspecified atom stereocenters. The molecule has 0 aromatic rings. The van der Waals surface area contributed by atoms with Crippen LogP contribution in [0.15, 0.2) is 11.3 Å². The molecular weight excluding hydrogens is 170 g/mol. The van der Waals surface area contributed by atoms with Crippen LogP contribution in [0.1, 0.15) is 6.42 Å². The molecule has 1 aliphatic heterocycles. The van der Waals surface area contributed by atoms with Crippen molar-refractivity contribution in [3.8, 4) is 12.1 Å². The Hall–Kier alpha value is -2.01. The average molecular weight is 177 g/mol. The molecule has 0 saturated carbocycles. The summed E-state index contributed by atoms with van der Waals surface area (Å²) in [5, 5.41) is 25.9. The van der Waals surface area contributed by atoms with Crippen LogP contribution >= 0.6 is 0 Å². The van der Waals surface area contributed by atoms with Crippen LogP contribution < -0.4 is 0 Å². The molecule has 1 amide bonds. The first-order chi connectivity index (χ1) is 6.20. The molecule has 0 radical (unpaired) electrons. The standard InChI is InChI=1S/C8H7N3O2/c9-2-1-3-11-5-6(4-10)7(12)8(11)13/h12H,1,3,5H2. The molecule has 0 spiro atoms. The number of aliphatic hydroxyl groups is 1. The van der Waals surface area contributed by atoms with Crippen LogP contribution in [-0.2, 0) is 4.79 Å². The lowest BCUT2D eigenvalue weighted by molar-refractivity contribution is -0.127. The molecule has 1 rings (SSSR count). The summed E-state index contributed by atoms with van der Waals surface area (Å²) in [6.07, 6.45) is 0.206. The predicted octanol–water partition coefficient (Wildman–Crippen LogP) is 0.0780. The number of carbonyl (C=O) groups excluding carboxylic acids is 1. The van der Waals surface area contributed by atoms with Crippen molar-refractivity contribution in [3.63, 3.8) is 0 Å². The van der Waals surface area contributed by atoms with Gasteiger partial charge in [0, 0.05) is 6.54 Å². The molecule has 13 heavy (non-hydrogen) atoms. The first-order valence-corrected chi connectivity index (χ1v) is 3.69. The quantitative estimate of drug-likeness (QED) is 0.646. The van der Waals surface area contributed by atoms with Gasteiger partial charge in [-0.1, -0.05) is 0 Å². The lowest BCUT2D eigenvalue weighted by atomic mass is 10.3. The lowest BCUT2D eigenvalue weighted by Crippen LogP contribution is -2.28. The van der Waals surface area contributed by atoms with Crippen molar-refractivity contribution in [2.75, 3.05) is 13.1 Å². The summed E-state index contributed by atoms with van der Waals surface area (Å²) >= 11 is 0. The maximum atomic E-state index is 11.1. The second kappa shape index (κ2) is 3.59. The topological polar surface area (TPSA) is 88.1 Å². The zero-order valence-corrected chi connectivity index (χ0v) is 6.82. The highest BCUT2D eigenvalue weighted by atomic mass is 16.3. The van der Waals surface area contributed by atoms with Gasteiger partial charge in [-0.15, -0.1) is 0 Å². The minimum Gasteiger partial charge on any atom is -0.502 e. The summed E-state index contributed by atoms with van der Waals surface area (Å²) in [6, 6.07) is 3.62. The zero-order chi connectivity index (χ0) is 9.84. The lowest BCUT2D eigenvalue weighted by Gasteiger charge is -2.12. The molecule has 66 valence electrons. The van der Waals surface area contributed by atoms with Crippen LogP contribution in [0.4, 0.5) is 0 Å². The van der Waals surface area contributed by atoms with Gasteiger partial charge in [0.25, 0.3) is 5.91 Å². The van der Waals surface area contributed by atoms with Crippen LogP contribution in [0.3, 0.4) is 0 Å². The van der Waals surface area contributed by atoms with E-state index in [2.05, 4.69) is 0 Å². The van der Waals surface area contributed by atoms with Crippen molar-refractivity contribution < 1.29 is 9.90 Å². The van der Waals surface area contributed by atoms with E-state index in [1.54, 1.807) is 6.07 Å². The van der Waals surface area contributed by atoms with E-state index in [0.717, 1.165) is 0 Å². The monoisotopic (exact) mass is 177 g/mol. The van der Waals surface area contributed by atoms with E-state index in [4.69, 9.17) is 15.6 Å². The van der Waals surface area contributed by atoms with Gasteiger partial charge in [0.2, 0.25) is 0 Å². The molecule has 0 bridgehead atoms. The van der Waals surface area contributed by atoms with Crippen molar-refractivity contribution in [2.24, 2.45) is 0 Å². The molecule has 5 nitrogen and oxygen atoms in total. The molecule has 0 aromatic carbocycles. The Morgan fingerprint density at radius 3 is 2.69 bits per heavy atom. The molecule has 1 N–H and O–H groups in total. The molecule has 1 aliphatic rings. The number of rotatable bonds is 2. The van der Waals surface area contributed by atoms with E-state index in [-0.39, 0.29) is 25.1 Å². The Kier molecular flexibility index (Phi) is 2.51. The molecule has 0 saturated heterocycles. The molecule has 0 atom stereocenters. The second-order valence-corrected chi connectivity index (χ2v) is 2.57. The fourth-order valence-corrected chi connectivity index (χ4v) is 1.07. The normalized spacial score (nSPS) is 15.8. The molecule has 1 heterocycles. The van der Waals surface area contributed by atoms with Gasteiger partial charge in [-0.2, -0.15) is 10.5 Å². The van der Waals surface area contributed by atoms with Gasteiger partial charge in [0.05, 0.1) is 24.6 Å². The number of hydrogen-bond donors (Lipinski definition) is 1. The average Bonchev–Trinajstić information content (AvgIpc) is 2.41. The zero-order valence-electron chi connectivity index (χ0n) is 6.82. The minimum atomic E-state index is -0.563. The van der Waals surface area contributed by atoms with E-state index < -0.39 is 11.7 Å². The van der Waals surface area contributed by atoms with E-state index in [1.807, 2.05) is 6.07 Å². The van der Waals surface area contributed by atoms with Gasteiger partial charge < -0.3 is 10.0 Å². The van der Waals surface area contributed by atoms with Gasteiger partial charge in [-0.05, 0) is 0 Å². The second-order valence-electron chi connectivity index (χ2n) is 2.57. The third kappa shape index (κ3) is 1.60. The van der Waals surface area contributed by atoms with Crippen molar-refractivity contribution in [2.45, 2.75) is 6.42 Å². The minimum absolute atomic E-state index is 0.0722. The van der Waals surface area contributed by atoms with Crippen LogP contribution in [0, 0.1) is 22.7 Å². The molecule has 0 aromatic heterocycles. The molecule has 0 aliphatic carbocycles. The van der Waals surface area contributed by atoms with Crippen molar-refractivity contribution in [1.82, 2.24) is 4.90 Å². The molecule has 0 fully saturated rings. The first-order valence-electron chi connectivity index (χ1n) is 3.69. The Bertz CT molecular complexity index is 345. The number of carbonyl (C=O) groups is 1. The molecule has 5 heteroatoms. The number of hydrogen-bond acceptors (Lipinski definition) is 4. The highest BCUT2D eigenvalue weighted by Gasteiger charge is 2.29. The maximum absolute atomic E-state index is 11.1. The molecular formula is C8H7N3O2. The van der Waals surface area contributed by atoms with Crippen molar-refractivity contribution >= 4 is 5.91 Å². The number of nitrogens with zero attached hydrogens (tertiary/aromatic N) is 3. The van der Waals surface area contributed by atoms with Gasteiger partial charge in [0.15, 0.2) is 5.76 Å². The first kappa shape index (κ1) is 9.08. The SMILES string of the molecule is N#CCCN1CC(C#N)=C(O)C1=O. The van der Waals surface area contributed by atoms with Crippen LogP contribution in [0.5, 0.6) is 0 Å². The summed E-state index contributed by atoms with van der Waals surface area (Å²) in [4.78, 5) is 12.4. The number of nitriles is 2. The van der Waals surface area contributed by atoms with Gasteiger partial charge in [-0.25, -0.2) is 0 Å². The van der Waals surface area contributed by atoms with Crippen molar-refractivity contribution in [3.05, 3.63) is 11.3 Å². The summed E-state index contributed by atoms with van der Waals surface area (Å²) in [5.74, 6) is -1.05. The van der Waals surface area contributed by atoms with Gasteiger partial charge in [-0.3, -0.25) is 4.79 Å². The fraction of sp³-hybridized carbons (Fsp3) is 0.375. The Morgan fingerprint density at radius 1 is 1.54 bits per heavy atom. The van der Waals surface area contributed by atoms with Gasteiger partial charge >= 0.3 is 0 Å².